The highest BCUT2D eigenvalue weighted by atomic mass is 16.5. The van der Waals surface area contributed by atoms with Crippen LogP contribution >= 0.6 is 0 Å². The normalized spacial score (nSPS) is 15.9. The lowest BCUT2D eigenvalue weighted by atomic mass is 10.1. The van der Waals surface area contributed by atoms with E-state index in [0.717, 1.165) is 65.0 Å². The Morgan fingerprint density at radius 2 is 1.89 bits per heavy atom. The van der Waals surface area contributed by atoms with Crippen molar-refractivity contribution in [3.8, 4) is 0 Å². The molecule has 0 amide bonds. The predicted octanol–water partition coefficient (Wildman–Crippen LogP) is 1.92. The van der Waals surface area contributed by atoms with Gasteiger partial charge in [-0.25, -0.2) is 0 Å². The average Bonchev–Trinajstić information content (AvgIpc) is 2.70. The fourth-order valence-corrected chi connectivity index (χ4v) is 3.19. The van der Waals surface area contributed by atoms with Gasteiger partial charge in [0.25, 0.3) is 0 Å². The van der Waals surface area contributed by atoms with Gasteiger partial charge in [0.15, 0.2) is 5.96 Å². The van der Waals surface area contributed by atoms with Crippen molar-refractivity contribution in [1.29, 1.82) is 0 Å². The lowest BCUT2D eigenvalue weighted by Gasteiger charge is -2.27. The summed E-state index contributed by atoms with van der Waals surface area (Å²) in [4.78, 5) is 9.18. The van der Waals surface area contributed by atoms with E-state index in [0.29, 0.717) is 0 Å². The van der Waals surface area contributed by atoms with E-state index < -0.39 is 0 Å². The molecule has 1 saturated heterocycles. The molecule has 6 nitrogen and oxygen atoms in total. The van der Waals surface area contributed by atoms with Crippen LogP contribution in [0.3, 0.4) is 0 Å². The molecule has 152 valence electrons. The Balaban J connectivity index is 1.78. The van der Waals surface area contributed by atoms with E-state index in [9.17, 15) is 0 Å². The molecule has 0 bridgehead atoms. The summed E-state index contributed by atoms with van der Waals surface area (Å²) in [6.07, 6.45) is 2.49. The zero-order chi connectivity index (χ0) is 19.3. The molecule has 1 aliphatic heterocycles. The number of aliphatic imine (C=N–C) groups is 1. The zero-order valence-electron chi connectivity index (χ0n) is 17.3. The van der Waals surface area contributed by atoms with Crippen LogP contribution in [0.25, 0.3) is 0 Å². The third-order valence-corrected chi connectivity index (χ3v) is 4.97. The Labute approximate surface area is 165 Å². The minimum Gasteiger partial charge on any atom is -0.379 e. The number of ether oxygens (including phenoxy) is 1. The first-order valence-electron chi connectivity index (χ1n) is 10.2. The third-order valence-electron chi connectivity index (χ3n) is 4.97. The first-order chi connectivity index (χ1) is 13.2. The van der Waals surface area contributed by atoms with Gasteiger partial charge in [-0.15, -0.1) is 0 Å². The summed E-state index contributed by atoms with van der Waals surface area (Å²) in [6, 6.07) is 8.66. The number of hydrogen-bond acceptors (Lipinski definition) is 4. The maximum atomic E-state index is 5.46. The number of likely N-dealkylation sites (N-methyl/N-ethyl adjacent to an activating group) is 1. The van der Waals surface area contributed by atoms with Gasteiger partial charge in [0.1, 0.15) is 0 Å². The summed E-state index contributed by atoms with van der Waals surface area (Å²) in [6.45, 7) is 10.8. The maximum absolute atomic E-state index is 5.46. The highest BCUT2D eigenvalue weighted by molar-refractivity contribution is 5.79. The number of unbranched alkanes of at least 4 members (excludes halogenated alkanes) is 1. The summed E-state index contributed by atoms with van der Waals surface area (Å²) in [7, 11) is 4.01. The second kappa shape index (κ2) is 12.7. The number of guanidine groups is 1. The number of hydrogen-bond donors (Lipinski definition) is 2. The van der Waals surface area contributed by atoms with Crippen LogP contribution in [0.2, 0.25) is 0 Å². The molecule has 0 saturated carbocycles. The van der Waals surface area contributed by atoms with Crippen LogP contribution < -0.4 is 10.6 Å². The van der Waals surface area contributed by atoms with Crippen LogP contribution in [0, 0.1) is 0 Å². The summed E-state index contributed by atoms with van der Waals surface area (Å²) in [5.41, 5.74) is 2.70. The molecule has 1 aliphatic rings. The van der Waals surface area contributed by atoms with E-state index in [4.69, 9.17) is 4.74 Å². The van der Waals surface area contributed by atoms with E-state index in [1.807, 2.05) is 7.05 Å². The first-order valence-corrected chi connectivity index (χ1v) is 10.2. The number of nitrogens with zero attached hydrogens (tertiary/aromatic N) is 3. The Bertz CT molecular complexity index is 557. The molecule has 0 radical (unpaired) electrons. The van der Waals surface area contributed by atoms with Gasteiger partial charge in [-0.2, -0.15) is 0 Å². The Hall–Kier alpha value is -1.63. The SMILES string of the molecule is CCCCN(C)CCNC(=NC)NCc1ccccc1CN1CCOCC1. The second-order valence-corrected chi connectivity index (χ2v) is 7.17. The maximum Gasteiger partial charge on any atom is 0.191 e. The highest BCUT2D eigenvalue weighted by Gasteiger charge is 2.12. The summed E-state index contributed by atoms with van der Waals surface area (Å²) >= 11 is 0. The van der Waals surface area contributed by atoms with Crippen molar-refractivity contribution in [3.05, 3.63) is 35.4 Å². The molecule has 0 atom stereocenters. The molecule has 1 fully saturated rings. The molecular formula is C21H37N5O. The van der Waals surface area contributed by atoms with E-state index in [2.05, 4.69) is 63.7 Å². The average molecular weight is 376 g/mol. The molecule has 6 heteroatoms. The quantitative estimate of drug-likeness (QED) is 0.483. The Kier molecular flexibility index (Phi) is 10.2. The van der Waals surface area contributed by atoms with Crippen LogP contribution in [0.4, 0.5) is 0 Å². The molecule has 1 aromatic carbocycles. The standard InChI is InChI=1S/C21H37N5O/c1-4-5-11-25(3)12-10-23-21(22-2)24-17-19-8-6-7-9-20(19)18-26-13-15-27-16-14-26/h6-9H,4-5,10-18H2,1-3H3,(H2,22,23,24). The minimum absolute atomic E-state index is 0.784. The van der Waals surface area contributed by atoms with Crippen LogP contribution in [0.5, 0.6) is 0 Å². The Morgan fingerprint density at radius 1 is 1.15 bits per heavy atom. The molecule has 2 N–H and O–H groups in total. The lowest BCUT2D eigenvalue weighted by molar-refractivity contribution is 0.0341. The van der Waals surface area contributed by atoms with Crippen molar-refractivity contribution in [1.82, 2.24) is 20.4 Å². The molecule has 27 heavy (non-hydrogen) atoms. The van der Waals surface area contributed by atoms with Crippen molar-refractivity contribution in [2.75, 3.05) is 60.0 Å². The van der Waals surface area contributed by atoms with E-state index >= 15 is 0 Å². The van der Waals surface area contributed by atoms with Crippen molar-refractivity contribution in [3.63, 3.8) is 0 Å². The molecule has 0 spiro atoms. The molecule has 0 unspecified atom stereocenters. The molecule has 0 aromatic heterocycles. The van der Waals surface area contributed by atoms with E-state index in [1.54, 1.807) is 0 Å². The van der Waals surface area contributed by atoms with Crippen LogP contribution in [0.1, 0.15) is 30.9 Å². The van der Waals surface area contributed by atoms with Gasteiger partial charge in [-0.05, 0) is 31.1 Å². The van der Waals surface area contributed by atoms with Crippen LogP contribution in [-0.2, 0) is 17.8 Å². The van der Waals surface area contributed by atoms with Crippen molar-refractivity contribution >= 4 is 5.96 Å². The van der Waals surface area contributed by atoms with Gasteiger partial charge >= 0.3 is 0 Å². The summed E-state index contributed by atoms with van der Waals surface area (Å²) in [5.74, 6) is 0.861. The summed E-state index contributed by atoms with van der Waals surface area (Å²) < 4.78 is 5.46. The number of benzene rings is 1. The molecule has 0 aliphatic carbocycles. The van der Waals surface area contributed by atoms with Crippen molar-refractivity contribution in [2.45, 2.75) is 32.9 Å². The van der Waals surface area contributed by atoms with Crippen molar-refractivity contribution in [2.24, 2.45) is 4.99 Å². The number of nitrogens with one attached hydrogen (secondary N) is 2. The zero-order valence-corrected chi connectivity index (χ0v) is 17.3. The van der Waals surface area contributed by atoms with Crippen molar-refractivity contribution < 1.29 is 4.74 Å². The largest absolute Gasteiger partial charge is 0.379 e. The molecular weight excluding hydrogens is 338 g/mol. The van der Waals surface area contributed by atoms with Gasteiger partial charge in [0.05, 0.1) is 13.2 Å². The molecule has 1 aromatic rings. The van der Waals surface area contributed by atoms with Gasteiger partial charge in [0.2, 0.25) is 0 Å². The van der Waals surface area contributed by atoms with E-state index in [1.165, 1.54) is 24.0 Å². The smallest absolute Gasteiger partial charge is 0.191 e. The highest BCUT2D eigenvalue weighted by Crippen LogP contribution is 2.12. The lowest BCUT2D eigenvalue weighted by Crippen LogP contribution is -2.41. The molecule has 1 heterocycles. The van der Waals surface area contributed by atoms with E-state index in [-0.39, 0.29) is 0 Å². The molecule has 2 rings (SSSR count). The van der Waals surface area contributed by atoms with Crippen LogP contribution in [-0.4, -0.2) is 75.8 Å². The van der Waals surface area contributed by atoms with Gasteiger partial charge in [-0.3, -0.25) is 9.89 Å². The Morgan fingerprint density at radius 3 is 2.59 bits per heavy atom. The monoisotopic (exact) mass is 375 g/mol. The first kappa shape index (κ1) is 21.7. The third kappa shape index (κ3) is 8.28. The second-order valence-electron chi connectivity index (χ2n) is 7.17. The van der Waals surface area contributed by atoms with Gasteiger partial charge in [0, 0.05) is 46.3 Å². The predicted molar refractivity (Wildman–Crippen MR) is 113 cm³/mol. The topological polar surface area (TPSA) is 52.1 Å². The van der Waals surface area contributed by atoms with Gasteiger partial charge in [-0.1, -0.05) is 37.6 Å². The number of rotatable bonds is 10. The summed E-state index contributed by atoms with van der Waals surface area (Å²) in [5, 5.41) is 6.88. The minimum atomic E-state index is 0.784. The fourth-order valence-electron chi connectivity index (χ4n) is 3.19. The number of morpholine rings is 1. The van der Waals surface area contributed by atoms with Crippen LogP contribution in [0.15, 0.2) is 29.3 Å². The van der Waals surface area contributed by atoms with Gasteiger partial charge < -0.3 is 20.3 Å². The fraction of sp³-hybridized carbons (Fsp3) is 0.667.